The van der Waals surface area contributed by atoms with Gasteiger partial charge >= 0.3 is 0 Å². The zero-order valence-corrected chi connectivity index (χ0v) is 18.0. The number of aryl methyl sites for hydroxylation is 1. The Morgan fingerprint density at radius 2 is 1.93 bits per heavy atom. The minimum atomic E-state index is -3.10. The van der Waals surface area contributed by atoms with Gasteiger partial charge in [0.05, 0.1) is 23.2 Å². The highest BCUT2D eigenvalue weighted by atomic mass is 32.2. The molecule has 2 aromatic rings. The Balaban J connectivity index is 1.55. The van der Waals surface area contributed by atoms with Gasteiger partial charge in [0, 0.05) is 10.9 Å². The molecule has 6 nitrogen and oxygen atoms in total. The van der Waals surface area contributed by atoms with E-state index in [-0.39, 0.29) is 40.9 Å². The number of aliphatic imine (C=N–C) groups is 1. The van der Waals surface area contributed by atoms with E-state index in [0.717, 1.165) is 6.42 Å². The number of carbonyl (C=O) groups excluding carboxylic acids is 1. The van der Waals surface area contributed by atoms with E-state index >= 15 is 0 Å². The highest BCUT2D eigenvalue weighted by molar-refractivity contribution is 8.15. The Hall–Kier alpha value is -2.39. The van der Waals surface area contributed by atoms with Crippen molar-refractivity contribution in [3.05, 3.63) is 59.9 Å². The average Bonchev–Trinajstić information content (AvgIpc) is 3.21. The number of hydrogen-bond donors (Lipinski definition) is 1. The minimum absolute atomic E-state index is 0.00471. The molecule has 1 saturated heterocycles. The van der Waals surface area contributed by atoms with Gasteiger partial charge in [0.2, 0.25) is 5.91 Å². The number of carbonyl (C=O) groups is 1. The smallest absolute Gasteiger partial charge is 0.244 e. The van der Waals surface area contributed by atoms with E-state index in [9.17, 15) is 17.6 Å². The maximum atomic E-state index is 14.5. The largest absolute Gasteiger partial charge is 0.325 e. The molecule has 0 radical (unpaired) electrons. The van der Waals surface area contributed by atoms with E-state index in [1.807, 2.05) is 24.3 Å². The lowest BCUT2D eigenvalue weighted by molar-refractivity contribution is -0.114. The van der Waals surface area contributed by atoms with E-state index in [1.54, 1.807) is 18.2 Å². The summed E-state index contributed by atoms with van der Waals surface area (Å²) in [6, 6.07) is 13.4. The predicted octanol–water partition coefficient (Wildman–Crippen LogP) is 3.10. The minimum Gasteiger partial charge on any atom is -0.325 e. The van der Waals surface area contributed by atoms with Crippen LogP contribution in [0, 0.1) is 5.82 Å². The van der Waals surface area contributed by atoms with Gasteiger partial charge in [-0.25, -0.2) is 12.8 Å². The van der Waals surface area contributed by atoms with Crippen molar-refractivity contribution >= 4 is 44.0 Å². The van der Waals surface area contributed by atoms with Crippen molar-refractivity contribution in [2.24, 2.45) is 4.99 Å². The van der Waals surface area contributed by atoms with Crippen LogP contribution in [-0.4, -0.2) is 48.8 Å². The molecular formula is C21H22FN3O3S2. The van der Waals surface area contributed by atoms with Gasteiger partial charge in [0.25, 0.3) is 0 Å². The third kappa shape index (κ3) is 4.52. The molecule has 2 aliphatic rings. The van der Waals surface area contributed by atoms with Crippen molar-refractivity contribution in [3.8, 4) is 0 Å². The number of amidine groups is 1. The van der Waals surface area contributed by atoms with Crippen LogP contribution in [0.3, 0.4) is 0 Å². The fraction of sp³-hybridized carbons (Fsp3) is 0.333. The van der Waals surface area contributed by atoms with Crippen LogP contribution in [-0.2, 0) is 21.1 Å². The molecule has 0 saturated carbocycles. The summed E-state index contributed by atoms with van der Waals surface area (Å²) in [4.78, 5) is 18.8. The summed E-state index contributed by atoms with van der Waals surface area (Å²) in [5.41, 5.74) is 2.07. The van der Waals surface area contributed by atoms with Crippen LogP contribution in [0.15, 0.2) is 53.5 Å². The lowest BCUT2D eigenvalue weighted by Gasteiger charge is -2.24. The first-order valence-corrected chi connectivity index (χ1v) is 12.4. The lowest BCUT2D eigenvalue weighted by Crippen LogP contribution is -2.37. The van der Waals surface area contributed by atoms with Crippen molar-refractivity contribution in [2.75, 3.05) is 28.3 Å². The summed E-state index contributed by atoms with van der Waals surface area (Å²) < 4.78 is 38.2. The molecule has 0 spiro atoms. The summed E-state index contributed by atoms with van der Waals surface area (Å²) in [6.45, 7) is 1.93. The number of nitrogens with zero attached hydrogens (tertiary/aromatic N) is 2. The first kappa shape index (κ1) is 20.9. The number of fused-ring (bicyclic) bond motifs is 1. The van der Waals surface area contributed by atoms with E-state index in [1.165, 1.54) is 28.3 Å². The molecular weight excluding hydrogens is 425 g/mol. The van der Waals surface area contributed by atoms with Crippen molar-refractivity contribution in [1.82, 2.24) is 0 Å². The molecule has 158 valence electrons. The Morgan fingerprint density at radius 1 is 1.20 bits per heavy atom. The van der Waals surface area contributed by atoms with Crippen LogP contribution in [0.5, 0.6) is 0 Å². The summed E-state index contributed by atoms with van der Waals surface area (Å²) in [7, 11) is -3.10. The van der Waals surface area contributed by atoms with Gasteiger partial charge in [-0.2, -0.15) is 0 Å². The predicted molar refractivity (Wildman–Crippen MR) is 119 cm³/mol. The first-order chi connectivity index (χ1) is 14.3. The molecule has 2 heterocycles. The van der Waals surface area contributed by atoms with Crippen LogP contribution in [0.2, 0.25) is 0 Å². The molecule has 30 heavy (non-hydrogen) atoms. The molecule has 0 aliphatic carbocycles. The Labute approximate surface area is 179 Å². The second kappa shape index (κ2) is 8.39. The Morgan fingerprint density at radius 3 is 2.60 bits per heavy atom. The number of halogens is 1. The monoisotopic (exact) mass is 447 g/mol. The molecule has 0 aromatic heterocycles. The van der Waals surface area contributed by atoms with Gasteiger partial charge < -0.3 is 10.2 Å². The lowest BCUT2D eigenvalue weighted by atomic mass is 10.1. The van der Waals surface area contributed by atoms with E-state index in [2.05, 4.69) is 17.2 Å². The normalized spacial score (nSPS) is 21.7. The van der Waals surface area contributed by atoms with Gasteiger partial charge in [-0.3, -0.25) is 9.79 Å². The molecule has 0 bridgehead atoms. The zero-order chi connectivity index (χ0) is 21.3. The van der Waals surface area contributed by atoms with Crippen molar-refractivity contribution in [2.45, 2.75) is 24.6 Å². The van der Waals surface area contributed by atoms with E-state index < -0.39 is 15.7 Å². The van der Waals surface area contributed by atoms with Gasteiger partial charge in [0.15, 0.2) is 15.0 Å². The van der Waals surface area contributed by atoms with Crippen molar-refractivity contribution in [1.29, 1.82) is 0 Å². The van der Waals surface area contributed by atoms with Gasteiger partial charge in [-0.15, -0.1) is 0 Å². The molecule has 9 heteroatoms. The summed E-state index contributed by atoms with van der Waals surface area (Å²) in [5.74, 6) is -0.730. The van der Waals surface area contributed by atoms with Crippen molar-refractivity contribution < 1.29 is 17.6 Å². The Kier molecular flexibility index (Phi) is 5.84. The number of nitrogens with one attached hydrogen (secondary N) is 1. The van der Waals surface area contributed by atoms with Gasteiger partial charge in [-0.05, 0) is 36.2 Å². The standard InChI is InChI=1S/C21H22FN3O3S2/c1-2-14-7-9-15(10-8-14)23-20(26)11-25(18-6-4-3-5-16(18)22)21-24-17-12-30(27,28)13-19(17)29-21/h3-10,17,19H,2,11-13H2,1H3,(H,23,26)/t17-,19-/m0/s1. The molecule has 2 aromatic carbocycles. The third-order valence-electron chi connectivity index (χ3n) is 5.13. The number of benzene rings is 2. The molecule has 1 N–H and O–H groups in total. The van der Waals surface area contributed by atoms with Gasteiger partial charge in [-0.1, -0.05) is 43.0 Å². The molecule has 4 rings (SSSR count). The molecule has 0 unspecified atom stereocenters. The third-order valence-corrected chi connectivity index (χ3v) is 8.37. The highest BCUT2D eigenvalue weighted by Crippen LogP contribution is 2.37. The van der Waals surface area contributed by atoms with Crippen LogP contribution in [0.1, 0.15) is 12.5 Å². The van der Waals surface area contributed by atoms with Crippen LogP contribution >= 0.6 is 11.8 Å². The number of rotatable bonds is 5. The summed E-state index contributed by atoms with van der Waals surface area (Å²) in [6.07, 6.45) is 0.907. The SMILES string of the molecule is CCc1ccc(NC(=O)CN(C2=N[C@H]3CS(=O)(=O)C[C@@H]3S2)c2ccccc2F)cc1. The van der Waals surface area contributed by atoms with E-state index in [4.69, 9.17) is 0 Å². The second-order valence-corrected chi connectivity index (χ2v) is 10.7. The number of anilines is 2. The number of thioether (sulfide) groups is 1. The van der Waals surface area contributed by atoms with Gasteiger partial charge in [0.1, 0.15) is 12.4 Å². The second-order valence-electron chi connectivity index (χ2n) is 7.35. The Bertz CT molecular complexity index is 1090. The first-order valence-electron chi connectivity index (χ1n) is 9.70. The summed E-state index contributed by atoms with van der Waals surface area (Å²) in [5, 5.41) is 3.12. The fourth-order valence-electron chi connectivity index (χ4n) is 3.57. The fourth-order valence-corrected chi connectivity index (χ4v) is 7.34. The summed E-state index contributed by atoms with van der Waals surface area (Å²) >= 11 is 1.30. The molecule has 1 amide bonds. The molecule has 2 aliphatic heterocycles. The van der Waals surface area contributed by atoms with Crippen LogP contribution < -0.4 is 10.2 Å². The average molecular weight is 448 g/mol. The maximum absolute atomic E-state index is 14.5. The maximum Gasteiger partial charge on any atom is 0.244 e. The zero-order valence-electron chi connectivity index (χ0n) is 16.4. The number of hydrogen-bond acceptors (Lipinski definition) is 6. The molecule has 2 atom stereocenters. The quantitative estimate of drug-likeness (QED) is 0.762. The van der Waals surface area contributed by atoms with Crippen molar-refractivity contribution in [3.63, 3.8) is 0 Å². The topological polar surface area (TPSA) is 78.8 Å². The van der Waals surface area contributed by atoms with Crippen LogP contribution in [0.25, 0.3) is 0 Å². The number of amides is 1. The molecule has 1 fully saturated rings. The number of para-hydroxylation sites is 1. The number of sulfone groups is 1. The van der Waals surface area contributed by atoms with Crippen LogP contribution in [0.4, 0.5) is 15.8 Å². The highest BCUT2D eigenvalue weighted by Gasteiger charge is 2.44. The van der Waals surface area contributed by atoms with E-state index in [0.29, 0.717) is 10.9 Å².